The largest absolute Gasteiger partial charge is 0.381 e. The van der Waals surface area contributed by atoms with Gasteiger partial charge in [0.1, 0.15) is 0 Å². The molecule has 0 aromatic carbocycles. The van der Waals surface area contributed by atoms with E-state index >= 15 is 0 Å². The molecular weight excluding hydrogens is 376 g/mol. The second-order valence-electron chi connectivity index (χ2n) is 6.73. The number of amides is 1. The van der Waals surface area contributed by atoms with E-state index in [-0.39, 0.29) is 5.91 Å². The van der Waals surface area contributed by atoms with Crippen molar-refractivity contribution in [3.05, 3.63) is 9.98 Å². The van der Waals surface area contributed by atoms with E-state index in [0.29, 0.717) is 29.3 Å². The minimum absolute atomic E-state index is 0.119. The van der Waals surface area contributed by atoms with E-state index in [2.05, 4.69) is 26.2 Å². The Bertz CT molecular complexity index is 492. The molecule has 2 fully saturated rings. The van der Waals surface area contributed by atoms with Crippen LogP contribution in [0.15, 0.2) is 9.98 Å². The molecule has 2 heterocycles. The highest BCUT2D eigenvalue weighted by Crippen LogP contribution is 2.39. The lowest BCUT2D eigenvalue weighted by molar-refractivity contribution is -0.118. The van der Waals surface area contributed by atoms with E-state index in [9.17, 15) is 4.79 Å². The van der Waals surface area contributed by atoms with Crippen molar-refractivity contribution in [2.45, 2.75) is 51.4 Å². The molecule has 0 spiro atoms. The molecule has 3 rings (SSSR count). The molecule has 1 saturated heterocycles. The fourth-order valence-electron chi connectivity index (χ4n) is 4.12. The third-order valence-electron chi connectivity index (χ3n) is 5.27. The highest BCUT2D eigenvalue weighted by molar-refractivity contribution is 9.11. The van der Waals surface area contributed by atoms with Crippen LogP contribution in [0.1, 0.15) is 51.4 Å². The van der Waals surface area contributed by atoms with E-state index in [1.165, 1.54) is 43.4 Å². The Kier molecular flexibility index (Phi) is 6.48. The van der Waals surface area contributed by atoms with Crippen LogP contribution in [-0.4, -0.2) is 24.1 Å². The quantitative estimate of drug-likeness (QED) is 0.767. The molecule has 1 aliphatic carbocycles. The molecule has 1 aromatic rings. The van der Waals surface area contributed by atoms with Gasteiger partial charge in [0.05, 0.1) is 9.98 Å². The number of rotatable bonds is 5. The van der Waals surface area contributed by atoms with Crippen molar-refractivity contribution in [3.63, 3.8) is 0 Å². The number of ether oxygens (including phenoxy) is 1. The van der Waals surface area contributed by atoms with Crippen molar-refractivity contribution >= 4 is 38.3 Å². The van der Waals surface area contributed by atoms with Crippen molar-refractivity contribution in [1.29, 1.82) is 0 Å². The summed E-state index contributed by atoms with van der Waals surface area (Å²) in [6, 6.07) is 0. The van der Waals surface area contributed by atoms with Gasteiger partial charge in [0.2, 0.25) is 5.91 Å². The zero-order chi connectivity index (χ0) is 16.1. The third-order valence-corrected chi connectivity index (χ3v) is 6.66. The zero-order valence-corrected chi connectivity index (χ0v) is 15.8. The standard InChI is InChI=1S/C17H25BrN2O2S/c18-15-11-19-17(23-15)20-16(21)10-14(12-4-2-1-3-5-12)13-6-8-22-9-7-13/h11-14H,1-10H2,(H,19,20,21). The van der Waals surface area contributed by atoms with Crippen LogP contribution in [0.5, 0.6) is 0 Å². The molecule has 1 aliphatic heterocycles. The van der Waals surface area contributed by atoms with E-state index in [1.807, 2.05) is 0 Å². The number of halogens is 1. The van der Waals surface area contributed by atoms with Crippen LogP contribution < -0.4 is 5.32 Å². The Hall–Kier alpha value is -0.460. The lowest BCUT2D eigenvalue weighted by Gasteiger charge is -2.37. The molecule has 0 bridgehead atoms. The molecule has 6 heteroatoms. The molecule has 1 saturated carbocycles. The number of hydrogen-bond donors (Lipinski definition) is 1. The van der Waals surface area contributed by atoms with Gasteiger partial charge in [-0.25, -0.2) is 4.98 Å². The van der Waals surface area contributed by atoms with Crippen molar-refractivity contribution < 1.29 is 9.53 Å². The van der Waals surface area contributed by atoms with E-state index in [0.717, 1.165) is 29.8 Å². The maximum atomic E-state index is 12.5. The first kappa shape index (κ1) is 17.4. The summed E-state index contributed by atoms with van der Waals surface area (Å²) in [5, 5.41) is 3.67. The SMILES string of the molecule is O=C(CC(C1CCCCC1)C1CCOCC1)Nc1ncc(Br)s1. The van der Waals surface area contributed by atoms with Crippen LogP contribution in [0.3, 0.4) is 0 Å². The molecule has 1 atom stereocenters. The summed E-state index contributed by atoms with van der Waals surface area (Å²) < 4.78 is 6.47. The van der Waals surface area contributed by atoms with Crippen LogP contribution in [-0.2, 0) is 9.53 Å². The molecule has 4 nitrogen and oxygen atoms in total. The lowest BCUT2D eigenvalue weighted by atomic mass is 9.70. The number of nitrogens with one attached hydrogen (secondary N) is 1. The monoisotopic (exact) mass is 400 g/mol. The van der Waals surface area contributed by atoms with Crippen LogP contribution in [0.2, 0.25) is 0 Å². The van der Waals surface area contributed by atoms with Crippen LogP contribution in [0.4, 0.5) is 5.13 Å². The second kappa shape index (κ2) is 8.58. The minimum atomic E-state index is 0.119. The van der Waals surface area contributed by atoms with Crippen molar-refractivity contribution in [2.75, 3.05) is 18.5 Å². The first-order valence-corrected chi connectivity index (χ1v) is 10.3. The summed E-state index contributed by atoms with van der Waals surface area (Å²) in [5.74, 6) is 1.97. The number of carbonyl (C=O) groups is 1. The highest BCUT2D eigenvalue weighted by Gasteiger charge is 2.33. The fourth-order valence-corrected chi connectivity index (χ4v) is 5.24. The van der Waals surface area contributed by atoms with E-state index in [1.54, 1.807) is 6.20 Å². The van der Waals surface area contributed by atoms with Gasteiger partial charge in [-0.15, -0.1) is 0 Å². The van der Waals surface area contributed by atoms with Crippen LogP contribution in [0, 0.1) is 17.8 Å². The topological polar surface area (TPSA) is 51.2 Å². The van der Waals surface area contributed by atoms with Gasteiger partial charge in [0.15, 0.2) is 5.13 Å². The first-order valence-electron chi connectivity index (χ1n) is 8.71. The van der Waals surface area contributed by atoms with Crippen molar-refractivity contribution in [2.24, 2.45) is 17.8 Å². The van der Waals surface area contributed by atoms with Gasteiger partial charge < -0.3 is 10.1 Å². The van der Waals surface area contributed by atoms with Gasteiger partial charge in [-0.1, -0.05) is 43.4 Å². The van der Waals surface area contributed by atoms with Gasteiger partial charge in [-0.3, -0.25) is 4.79 Å². The maximum absolute atomic E-state index is 12.5. The van der Waals surface area contributed by atoms with Crippen molar-refractivity contribution in [3.8, 4) is 0 Å². The molecular formula is C17H25BrN2O2S. The third kappa shape index (κ3) is 5.00. The predicted octanol–water partition coefficient (Wildman–Crippen LogP) is 4.86. The summed E-state index contributed by atoms with van der Waals surface area (Å²) >= 11 is 4.86. The Balaban J connectivity index is 1.63. The Morgan fingerprint density at radius 3 is 2.61 bits per heavy atom. The zero-order valence-electron chi connectivity index (χ0n) is 13.4. The van der Waals surface area contributed by atoms with Gasteiger partial charge in [0, 0.05) is 19.6 Å². The van der Waals surface area contributed by atoms with E-state index in [4.69, 9.17) is 4.74 Å². The summed E-state index contributed by atoms with van der Waals surface area (Å²) in [6.45, 7) is 1.71. The van der Waals surface area contributed by atoms with Gasteiger partial charge in [0.25, 0.3) is 0 Å². The molecule has 128 valence electrons. The van der Waals surface area contributed by atoms with Crippen LogP contribution >= 0.6 is 27.3 Å². The average Bonchev–Trinajstić information content (AvgIpc) is 2.99. The number of hydrogen-bond acceptors (Lipinski definition) is 4. The number of anilines is 1. The molecule has 0 radical (unpaired) electrons. The Morgan fingerprint density at radius 2 is 1.96 bits per heavy atom. The van der Waals surface area contributed by atoms with E-state index < -0.39 is 0 Å². The predicted molar refractivity (Wildman–Crippen MR) is 96.7 cm³/mol. The highest BCUT2D eigenvalue weighted by atomic mass is 79.9. The average molecular weight is 401 g/mol. The number of aromatic nitrogens is 1. The summed E-state index contributed by atoms with van der Waals surface area (Å²) in [5.41, 5.74) is 0. The lowest BCUT2D eigenvalue weighted by Crippen LogP contribution is -2.33. The fraction of sp³-hybridized carbons (Fsp3) is 0.765. The summed E-state index contributed by atoms with van der Waals surface area (Å²) in [7, 11) is 0. The van der Waals surface area contributed by atoms with Gasteiger partial charge in [-0.05, 0) is 46.5 Å². The Morgan fingerprint density at radius 1 is 1.26 bits per heavy atom. The molecule has 1 aromatic heterocycles. The minimum Gasteiger partial charge on any atom is -0.381 e. The first-order chi connectivity index (χ1) is 11.2. The smallest absolute Gasteiger partial charge is 0.226 e. The van der Waals surface area contributed by atoms with Gasteiger partial charge >= 0.3 is 0 Å². The number of thiazole rings is 1. The molecule has 2 aliphatic rings. The number of nitrogens with zero attached hydrogens (tertiary/aromatic N) is 1. The summed E-state index contributed by atoms with van der Waals surface area (Å²) in [6.07, 6.45) is 11.2. The molecule has 23 heavy (non-hydrogen) atoms. The van der Waals surface area contributed by atoms with Crippen LogP contribution in [0.25, 0.3) is 0 Å². The molecule has 1 unspecified atom stereocenters. The van der Waals surface area contributed by atoms with Gasteiger partial charge in [-0.2, -0.15) is 0 Å². The maximum Gasteiger partial charge on any atom is 0.226 e. The normalized spacial score (nSPS) is 22.0. The molecule has 1 amide bonds. The van der Waals surface area contributed by atoms with Crippen molar-refractivity contribution in [1.82, 2.24) is 4.98 Å². The molecule has 1 N–H and O–H groups in total. The Labute approximate surface area is 150 Å². The number of carbonyl (C=O) groups excluding carboxylic acids is 1. The second-order valence-corrected chi connectivity index (χ2v) is 9.14. The summed E-state index contributed by atoms with van der Waals surface area (Å²) in [4.78, 5) is 16.7.